The third kappa shape index (κ3) is 2.71. The van der Waals surface area contributed by atoms with Gasteiger partial charge >= 0.3 is 0 Å². The summed E-state index contributed by atoms with van der Waals surface area (Å²) < 4.78 is 0.769. The minimum absolute atomic E-state index is 0.0341. The number of amides is 1. The van der Waals surface area contributed by atoms with E-state index in [0.29, 0.717) is 5.56 Å². The Balaban J connectivity index is 2.87. The molecule has 0 unspecified atom stereocenters. The van der Waals surface area contributed by atoms with E-state index in [-0.39, 0.29) is 12.2 Å². The number of hydroxylamine groups is 1. The van der Waals surface area contributed by atoms with E-state index >= 15 is 0 Å². The predicted molar refractivity (Wildman–Crippen MR) is 49.4 cm³/mol. The van der Waals surface area contributed by atoms with Gasteiger partial charge in [0.05, 0.1) is 6.42 Å². The maximum absolute atomic E-state index is 10.8. The van der Waals surface area contributed by atoms with E-state index in [1.165, 1.54) is 11.5 Å². The van der Waals surface area contributed by atoms with Crippen LogP contribution in [-0.2, 0) is 11.2 Å². The second-order valence-electron chi connectivity index (χ2n) is 2.48. The third-order valence-electron chi connectivity index (χ3n) is 1.52. The fourth-order valence-corrected chi connectivity index (χ4v) is 1.32. The van der Waals surface area contributed by atoms with E-state index in [9.17, 15) is 9.90 Å². The number of carbonyl (C=O) groups excluding carboxylic acids is 1. The van der Waals surface area contributed by atoms with Crippen LogP contribution in [0.15, 0.2) is 22.7 Å². The van der Waals surface area contributed by atoms with Crippen LogP contribution in [0.3, 0.4) is 0 Å². The first-order valence-corrected chi connectivity index (χ1v) is 4.33. The Morgan fingerprint density at radius 1 is 1.54 bits per heavy atom. The van der Waals surface area contributed by atoms with Crippen molar-refractivity contribution >= 4 is 21.8 Å². The number of halogens is 1. The van der Waals surface area contributed by atoms with Crippen molar-refractivity contribution in [1.29, 1.82) is 0 Å². The summed E-state index contributed by atoms with van der Waals surface area (Å²) in [6, 6.07) is 4.75. The lowest BCUT2D eigenvalue weighted by Crippen LogP contribution is -2.20. The second kappa shape index (κ2) is 4.25. The highest BCUT2D eigenvalue weighted by Crippen LogP contribution is 2.21. The van der Waals surface area contributed by atoms with Crippen LogP contribution in [0, 0.1) is 0 Å². The monoisotopic (exact) mass is 245 g/mol. The summed E-state index contributed by atoms with van der Waals surface area (Å²) in [6.45, 7) is 0. The molecule has 0 spiro atoms. The van der Waals surface area contributed by atoms with E-state index in [1.807, 2.05) is 0 Å². The molecular weight excluding hydrogens is 238 g/mol. The summed E-state index contributed by atoms with van der Waals surface area (Å²) >= 11 is 3.20. The molecule has 0 aliphatic heterocycles. The highest BCUT2D eigenvalue weighted by molar-refractivity contribution is 9.10. The number of hydrogen-bond donors (Lipinski definition) is 3. The molecule has 0 bridgehead atoms. The molecule has 1 aromatic carbocycles. The first-order chi connectivity index (χ1) is 6.13. The Kier molecular flexibility index (Phi) is 3.27. The fourth-order valence-electron chi connectivity index (χ4n) is 0.908. The molecule has 0 aliphatic carbocycles. The van der Waals surface area contributed by atoms with Crippen molar-refractivity contribution in [2.75, 3.05) is 0 Å². The third-order valence-corrected chi connectivity index (χ3v) is 2.01. The van der Waals surface area contributed by atoms with Crippen LogP contribution in [0.2, 0.25) is 0 Å². The van der Waals surface area contributed by atoms with Gasteiger partial charge in [0, 0.05) is 10.0 Å². The zero-order valence-corrected chi connectivity index (χ0v) is 8.21. The normalized spacial score (nSPS) is 9.69. The molecule has 5 heteroatoms. The van der Waals surface area contributed by atoms with Gasteiger partial charge < -0.3 is 5.11 Å². The largest absolute Gasteiger partial charge is 0.508 e. The van der Waals surface area contributed by atoms with Crippen molar-refractivity contribution in [3.8, 4) is 5.75 Å². The van der Waals surface area contributed by atoms with Gasteiger partial charge in [0.25, 0.3) is 0 Å². The minimum atomic E-state index is -0.562. The SMILES string of the molecule is O=C(Cc1cc(Br)ccc1O)NO. The molecule has 1 amide bonds. The van der Waals surface area contributed by atoms with Gasteiger partial charge in [-0.2, -0.15) is 0 Å². The summed E-state index contributed by atoms with van der Waals surface area (Å²) in [6.07, 6.45) is -0.0538. The topological polar surface area (TPSA) is 69.6 Å². The Labute approximate surface area is 83.3 Å². The minimum Gasteiger partial charge on any atom is -0.508 e. The number of rotatable bonds is 2. The number of aromatic hydroxyl groups is 1. The lowest BCUT2D eigenvalue weighted by molar-refractivity contribution is -0.128. The maximum Gasteiger partial charge on any atom is 0.247 e. The van der Waals surface area contributed by atoms with E-state index in [4.69, 9.17) is 5.21 Å². The molecule has 13 heavy (non-hydrogen) atoms. The number of hydrogen-bond acceptors (Lipinski definition) is 3. The van der Waals surface area contributed by atoms with Crippen molar-refractivity contribution < 1.29 is 15.1 Å². The van der Waals surface area contributed by atoms with Crippen molar-refractivity contribution in [3.63, 3.8) is 0 Å². The molecule has 0 aromatic heterocycles. The number of carbonyl (C=O) groups is 1. The lowest BCUT2D eigenvalue weighted by atomic mass is 10.1. The Bertz CT molecular complexity index is 327. The molecule has 0 saturated heterocycles. The summed E-state index contributed by atoms with van der Waals surface area (Å²) in [7, 11) is 0. The van der Waals surface area contributed by atoms with Gasteiger partial charge in [-0.05, 0) is 18.2 Å². The van der Waals surface area contributed by atoms with Crippen molar-refractivity contribution in [3.05, 3.63) is 28.2 Å². The van der Waals surface area contributed by atoms with Crippen LogP contribution >= 0.6 is 15.9 Å². The zero-order chi connectivity index (χ0) is 9.84. The molecule has 0 aliphatic rings. The number of nitrogens with one attached hydrogen (secondary N) is 1. The van der Waals surface area contributed by atoms with Crippen LogP contribution in [0.5, 0.6) is 5.75 Å². The average molecular weight is 246 g/mol. The summed E-state index contributed by atoms with van der Waals surface area (Å²) in [5.41, 5.74) is 1.95. The lowest BCUT2D eigenvalue weighted by Gasteiger charge is -2.03. The highest BCUT2D eigenvalue weighted by Gasteiger charge is 2.06. The van der Waals surface area contributed by atoms with E-state index < -0.39 is 5.91 Å². The maximum atomic E-state index is 10.8. The first-order valence-electron chi connectivity index (χ1n) is 3.54. The number of benzene rings is 1. The molecule has 0 saturated carbocycles. The van der Waals surface area contributed by atoms with E-state index in [1.54, 1.807) is 12.1 Å². The number of phenolic OH excluding ortho intramolecular Hbond substituents is 1. The van der Waals surface area contributed by atoms with Gasteiger partial charge in [0.15, 0.2) is 0 Å². The van der Waals surface area contributed by atoms with Crippen molar-refractivity contribution in [2.45, 2.75) is 6.42 Å². The molecule has 4 nitrogen and oxygen atoms in total. The van der Waals surface area contributed by atoms with Gasteiger partial charge in [-0.3, -0.25) is 10.0 Å². The molecule has 1 aromatic rings. The molecule has 0 fully saturated rings. The predicted octanol–water partition coefficient (Wildman–Crippen LogP) is 1.20. The van der Waals surface area contributed by atoms with Crippen molar-refractivity contribution in [1.82, 2.24) is 5.48 Å². The van der Waals surface area contributed by atoms with Crippen LogP contribution in [0.4, 0.5) is 0 Å². The molecule has 1 rings (SSSR count). The molecule has 70 valence electrons. The van der Waals surface area contributed by atoms with Gasteiger partial charge in [0.1, 0.15) is 5.75 Å². The summed E-state index contributed by atoms with van der Waals surface area (Å²) in [5.74, 6) is -0.528. The van der Waals surface area contributed by atoms with Crippen LogP contribution in [0.25, 0.3) is 0 Å². The number of phenols is 1. The van der Waals surface area contributed by atoms with Gasteiger partial charge in [-0.25, -0.2) is 5.48 Å². The van der Waals surface area contributed by atoms with Crippen molar-refractivity contribution in [2.24, 2.45) is 0 Å². The van der Waals surface area contributed by atoms with Crippen LogP contribution in [-0.4, -0.2) is 16.2 Å². The zero-order valence-electron chi connectivity index (χ0n) is 6.62. The first kappa shape index (κ1) is 10.0. The Hall–Kier alpha value is -1.07. The smallest absolute Gasteiger partial charge is 0.247 e. The van der Waals surface area contributed by atoms with Gasteiger partial charge in [-0.15, -0.1) is 0 Å². The quantitative estimate of drug-likeness (QED) is 0.542. The molecule has 3 N–H and O–H groups in total. The summed E-state index contributed by atoms with van der Waals surface area (Å²) in [4.78, 5) is 10.8. The molecule has 0 heterocycles. The van der Waals surface area contributed by atoms with Gasteiger partial charge in [0.2, 0.25) is 5.91 Å². The standard InChI is InChI=1S/C8H8BrNO3/c9-6-1-2-7(11)5(3-6)4-8(12)10-13/h1-3,11,13H,4H2,(H,10,12). The van der Waals surface area contributed by atoms with Crippen LogP contribution in [0.1, 0.15) is 5.56 Å². The molecular formula is C8H8BrNO3. The second-order valence-corrected chi connectivity index (χ2v) is 3.40. The molecule has 0 radical (unpaired) electrons. The molecule has 0 atom stereocenters. The van der Waals surface area contributed by atoms with E-state index in [2.05, 4.69) is 15.9 Å². The summed E-state index contributed by atoms with van der Waals surface area (Å²) in [5, 5.41) is 17.6. The van der Waals surface area contributed by atoms with E-state index in [0.717, 1.165) is 4.47 Å². The van der Waals surface area contributed by atoms with Crippen LogP contribution < -0.4 is 5.48 Å². The Morgan fingerprint density at radius 2 is 2.23 bits per heavy atom. The van der Waals surface area contributed by atoms with Gasteiger partial charge in [-0.1, -0.05) is 15.9 Å². The fraction of sp³-hybridized carbons (Fsp3) is 0.125. The Morgan fingerprint density at radius 3 is 2.85 bits per heavy atom. The average Bonchev–Trinajstić information content (AvgIpc) is 2.11. The highest BCUT2D eigenvalue weighted by atomic mass is 79.9.